The molecule has 0 aliphatic heterocycles. The second-order valence-electron chi connectivity index (χ2n) is 4.71. The monoisotopic (exact) mass is 340 g/mol. The first-order valence-electron chi connectivity index (χ1n) is 7.13. The molecule has 0 saturated heterocycles. The van der Waals surface area contributed by atoms with Crippen molar-refractivity contribution in [2.24, 2.45) is 11.5 Å². The summed E-state index contributed by atoms with van der Waals surface area (Å²) in [6.07, 6.45) is -4.50. The van der Waals surface area contributed by atoms with E-state index in [1.54, 1.807) is 0 Å². The molecule has 0 aromatic heterocycles. The van der Waals surface area contributed by atoms with E-state index in [2.05, 4.69) is 5.73 Å². The summed E-state index contributed by atoms with van der Waals surface area (Å²) >= 11 is 0. The van der Waals surface area contributed by atoms with Gasteiger partial charge >= 0.3 is 6.18 Å². The SMILES string of the molecule is NC=O.NCCOC(c1ccccc1)c1ccc(C(F)(F)F)cc1. The van der Waals surface area contributed by atoms with Crippen molar-refractivity contribution in [2.75, 3.05) is 13.2 Å². The Morgan fingerprint density at radius 2 is 1.50 bits per heavy atom. The number of benzene rings is 2. The van der Waals surface area contributed by atoms with Crippen molar-refractivity contribution >= 4 is 6.41 Å². The molecule has 130 valence electrons. The first-order chi connectivity index (χ1) is 11.4. The van der Waals surface area contributed by atoms with Gasteiger partial charge in [0.25, 0.3) is 0 Å². The maximum Gasteiger partial charge on any atom is 0.416 e. The number of ether oxygens (including phenoxy) is 1. The minimum absolute atomic E-state index is 0.250. The summed E-state index contributed by atoms with van der Waals surface area (Å²) in [5, 5.41) is 0. The summed E-state index contributed by atoms with van der Waals surface area (Å²) in [4.78, 5) is 8.58. The quantitative estimate of drug-likeness (QED) is 0.822. The van der Waals surface area contributed by atoms with Crippen LogP contribution in [-0.2, 0) is 15.7 Å². The zero-order valence-corrected chi connectivity index (χ0v) is 12.9. The zero-order valence-electron chi connectivity index (χ0n) is 12.9. The molecule has 4 nitrogen and oxygen atoms in total. The highest BCUT2D eigenvalue weighted by molar-refractivity contribution is 5.42. The van der Waals surface area contributed by atoms with Crippen molar-refractivity contribution in [1.29, 1.82) is 0 Å². The Labute approximate surface area is 138 Å². The van der Waals surface area contributed by atoms with Gasteiger partial charge in [0.15, 0.2) is 0 Å². The number of halogens is 3. The van der Waals surface area contributed by atoms with Gasteiger partial charge in [-0.15, -0.1) is 0 Å². The fourth-order valence-electron chi connectivity index (χ4n) is 2.05. The number of alkyl halides is 3. The number of rotatable bonds is 5. The van der Waals surface area contributed by atoms with Gasteiger partial charge < -0.3 is 16.2 Å². The number of hydrogen-bond acceptors (Lipinski definition) is 3. The Hall–Kier alpha value is -2.38. The number of carbonyl (C=O) groups is 1. The Morgan fingerprint density at radius 1 is 1.00 bits per heavy atom. The van der Waals surface area contributed by atoms with Crippen molar-refractivity contribution in [3.05, 3.63) is 71.3 Å². The summed E-state index contributed by atoms with van der Waals surface area (Å²) < 4.78 is 43.5. The molecule has 0 aliphatic rings. The van der Waals surface area contributed by atoms with E-state index in [4.69, 9.17) is 15.3 Å². The van der Waals surface area contributed by atoms with Gasteiger partial charge in [-0.05, 0) is 23.3 Å². The molecule has 0 fully saturated rings. The highest BCUT2D eigenvalue weighted by Crippen LogP contribution is 2.32. The molecule has 1 atom stereocenters. The molecule has 7 heteroatoms. The molecule has 0 saturated carbocycles. The van der Waals surface area contributed by atoms with Crippen molar-refractivity contribution in [1.82, 2.24) is 0 Å². The summed E-state index contributed by atoms with van der Waals surface area (Å²) in [6.45, 7) is 0.685. The Balaban J connectivity index is 0.000000891. The molecule has 0 spiro atoms. The molecule has 0 heterocycles. The van der Waals surface area contributed by atoms with Crippen LogP contribution in [0.25, 0.3) is 0 Å². The predicted octanol–water partition coefficient (Wildman–Crippen LogP) is 2.87. The first kappa shape index (κ1) is 19.7. The lowest BCUT2D eigenvalue weighted by Gasteiger charge is -2.19. The summed E-state index contributed by atoms with van der Waals surface area (Å²) in [5.41, 5.74) is 10.5. The number of nitrogens with two attached hydrogens (primary N) is 2. The van der Waals surface area contributed by atoms with E-state index in [-0.39, 0.29) is 6.41 Å². The number of hydrogen-bond donors (Lipinski definition) is 2. The average Bonchev–Trinajstić information content (AvgIpc) is 2.57. The van der Waals surface area contributed by atoms with E-state index in [9.17, 15) is 13.2 Å². The normalized spacial score (nSPS) is 12.0. The third kappa shape index (κ3) is 6.02. The van der Waals surface area contributed by atoms with Crippen molar-refractivity contribution in [3.63, 3.8) is 0 Å². The van der Waals surface area contributed by atoms with Crippen molar-refractivity contribution in [3.8, 4) is 0 Å². The van der Waals surface area contributed by atoms with E-state index >= 15 is 0 Å². The fourth-order valence-corrected chi connectivity index (χ4v) is 2.05. The molecule has 4 N–H and O–H groups in total. The summed E-state index contributed by atoms with van der Waals surface area (Å²) in [7, 11) is 0. The molecule has 2 rings (SSSR count). The lowest BCUT2D eigenvalue weighted by Crippen LogP contribution is -2.14. The number of carbonyl (C=O) groups excluding carboxylic acids is 1. The maximum atomic E-state index is 12.6. The van der Waals surface area contributed by atoms with Crippen molar-refractivity contribution < 1.29 is 22.7 Å². The highest BCUT2D eigenvalue weighted by Gasteiger charge is 2.30. The van der Waals surface area contributed by atoms with E-state index < -0.39 is 17.8 Å². The number of amides is 1. The topological polar surface area (TPSA) is 78.3 Å². The van der Waals surface area contributed by atoms with E-state index in [0.29, 0.717) is 18.7 Å². The minimum Gasteiger partial charge on any atom is -0.372 e. The third-order valence-electron chi connectivity index (χ3n) is 3.05. The van der Waals surface area contributed by atoms with Crippen LogP contribution in [0.2, 0.25) is 0 Å². The molecule has 2 aromatic rings. The molecule has 1 unspecified atom stereocenters. The Morgan fingerprint density at radius 3 is 1.96 bits per heavy atom. The molecule has 24 heavy (non-hydrogen) atoms. The standard InChI is InChI=1S/C16H16F3NO.CH3NO/c17-16(18,19)14-8-6-13(7-9-14)15(21-11-10-20)12-4-2-1-3-5-12;2-1-3/h1-9,15H,10-11,20H2;1H,(H2,2,3). The molecule has 2 aromatic carbocycles. The zero-order chi connectivity index (χ0) is 18.0. The van der Waals surface area contributed by atoms with E-state index in [0.717, 1.165) is 17.7 Å². The molecule has 0 radical (unpaired) electrons. The van der Waals surface area contributed by atoms with Gasteiger partial charge in [-0.1, -0.05) is 42.5 Å². The fraction of sp³-hybridized carbons (Fsp3) is 0.235. The minimum atomic E-state index is -4.33. The molecule has 1 amide bonds. The van der Waals surface area contributed by atoms with Crippen molar-refractivity contribution in [2.45, 2.75) is 12.3 Å². The molecule has 0 bridgehead atoms. The van der Waals surface area contributed by atoms with Gasteiger partial charge in [-0.2, -0.15) is 13.2 Å². The van der Waals surface area contributed by atoms with Gasteiger partial charge in [0, 0.05) is 6.54 Å². The van der Waals surface area contributed by atoms with Crippen LogP contribution in [0.1, 0.15) is 22.8 Å². The number of primary amides is 1. The second-order valence-corrected chi connectivity index (χ2v) is 4.71. The molecular formula is C17H19F3N2O2. The Bertz CT molecular complexity index is 601. The third-order valence-corrected chi connectivity index (χ3v) is 3.05. The first-order valence-corrected chi connectivity index (χ1v) is 7.13. The second kappa shape index (κ2) is 9.69. The lowest BCUT2D eigenvalue weighted by atomic mass is 10.00. The molecule has 0 aliphatic carbocycles. The predicted molar refractivity (Wildman–Crippen MR) is 85.0 cm³/mol. The van der Waals surface area contributed by atoms with Crippen LogP contribution in [-0.4, -0.2) is 19.6 Å². The van der Waals surface area contributed by atoms with Gasteiger partial charge in [0.2, 0.25) is 6.41 Å². The van der Waals surface area contributed by atoms with Crippen LogP contribution in [0, 0.1) is 0 Å². The Kier molecular flexibility index (Phi) is 7.94. The lowest BCUT2D eigenvalue weighted by molar-refractivity contribution is -0.137. The van der Waals surface area contributed by atoms with Crippen LogP contribution >= 0.6 is 0 Å². The van der Waals surface area contributed by atoms with Gasteiger partial charge in [-0.3, -0.25) is 4.79 Å². The summed E-state index contributed by atoms with van der Waals surface area (Å²) in [6, 6.07) is 14.4. The van der Waals surface area contributed by atoms with Crippen LogP contribution in [0.5, 0.6) is 0 Å². The van der Waals surface area contributed by atoms with Crippen LogP contribution in [0.15, 0.2) is 54.6 Å². The molecular weight excluding hydrogens is 321 g/mol. The largest absolute Gasteiger partial charge is 0.416 e. The highest BCUT2D eigenvalue weighted by atomic mass is 19.4. The maximum absolute atomic E-state index is 12.6. The van der Waals surface area contributed by atoms with E-state index in [1.165, 1.54) is 12.1 Å². The average molecular weight is 340 g/mol. The smallest absolute Gasteiger partial charge is 0.372 e. The van der Waals surface area contributed by atoms with Gasteiger partial charge in [0.05, 0.1) is 12.2 Å². The summed E-state index contributed by atoms with van der Waals surface area (Å²) in [5.74, 6) is 0. The van der Waals surface area contributed by atoms with Crippen LogP contribution in [0.4, 0.5) is 13.2 Å². The van der Waals surface area contributed by atoms with Gasteiger partial charge in [-0.25, -0.2) is 0 Å². The van der Waals surface area contributed by atoms with E-state index in [1.807, 2.05) is 30.3 Å². The van der Waals surface area contributed by atoms with Crippen LogP contribution in [0.3, 0.4) is 0 Å². The van der Waals surface area contributed by atoms with Crippen LogP contribution < -0.4 is 11.5 Å². The van der Waals surface area contributed by atoms with Gasteiger partial charge in [0.1, 0.15) is 6.10 Å².